The highest BCUT2D eigenvalue weighted by Gasteiger charge is 2.18. The minimum Gasteiger partial charge on any atom is -0.491 e. The van der Waals surface area contributed by atoms with E-state index < -0.39 is 11.3 Å². The van der Waals surface area contributed by atoms with E-state index in [1.165, 1.54) is 0 Å². The van der Waals surface area contributed by atoms with Gasteiger partial charge in [0.25, 0.3) is 6.43 Å². The Balaban J connectivity index is 2.72. The molecule has 4 heteroatoms. The molecule has 84 valence electrons. The maximum absolute atomic E-state index is 12.3. The van der Waals surface area contributed by atoms with Crippen LogP contribution in [0.5, 0.6) is 5.75 Å². The lowest BCUT2D eigenvalue weighted by molar-refractivity contribution is 0.147. The molecule has 0 aliphatic carbocycles. The van der Waals surface area contributed by atoms with Gasteiger partial charge in [-0.15, -0.1) is 0 Å². The van der Waals surface area contributed by atoms with Crippen molar-refractivity contribution in [2.24, 2.45) is 0 Å². The van der Waals surface area contributed by atoms with Crippen LogP contribution in [0.4, 0.5) is 8.78 Å². The van der Waals surface area contributed by atoms with Crippen molar-refractivity contribution in [1.29, 1.82) is 0 Å². The third-order valence-electron chi connectivity index (χ3n) is 1.79. The van der Waals surface area contributed by atoms with Crippen molar-refractivity contribution in [3.05, 3.63) is 29.8 Å². The number of alkyl halides is 3. The molecule has 0 N–H and O–H groups in total. The molecule has 1 aromatic carbocycles. The van der Waals surface area contributed by atoms with Gasteiger partial charge in [-0.3, -0.25) is 0 Å². The van der Waals surface area contributed by atoms with E-state index in [1.807, 2.05) is 13.8 Å². The molecule has 1 aromatic rings. The molecule has 1 atom stereocenters. The molecule has 0 aliphatic rings. The fraction of sp³-hybridized carbons (Fsp3) is 0.455. The van der Waals surface area contributed by atoms with Crippen LogP contribution in [-0.4, -0.2) is 12.5 Å². The van der Waals surface area contributed by atoms with Crippen molar-refractivity contribution < 1.29 is 13.5 Å². The van der Waals surface area contributed by atoms with E-state index in [-0.39, 0.29) is 6.10 Å². The molecule has 0 saturated carbocycles. The average molecular weight is 279 g/mol. The van der Waals surface area contributed by atoms with Crippen molar-refractivity contribution in [2.45, 2.75) is 31.2 Å². The fourth-order valence-corrected chi connectivity index (χ4v) is 1.45. The molecule has 15 heavy (non-hydrogen) atoms. The smallest absolute Gasteiger partial charge is 0.255 e. The van der Waals surface area contributed by atoms with Crippen molar-refractivity contribution in [3.63, 3.8) is 0 Å². The lowest BCUT2D eigenvalue weighted by Gasteiger charge is -2.12. The lowest BCUT2D eigenvalue weighted by atomic mass is 10.1. The van der Waals surface area contributed by atoms with Crippen molar-refractivity contribution in [1.82, 2.24) is 0 Å². The zero-order valence-corrected chi connectivity index (χ0v) is 10.2. The van der Waals surface area contributed by atoms with Crippen LogP contribution in [0.15, 0.2) is 24.3 Å². The Morgan fingerprint density at radius 2 is 1.67 bits per heavy atom. The maximum atomic E-state index is 12.3. The molecule has 0 amide bonds. The number of halogens is 3. The zero-order chi connectivity index (χ0) is 11.4. The quantitative estimate of drug-likeness (QED) is 0.751. The zero-order valence-electron chi connectivity index (χ0n) is 8.58. The van der Waals surface area contributed by atoms with Crippen LogP contribution in [-0.2, 0) is 0 Å². The lowest BCUT2D eigenvalue weighted by Crippen LogP contribution is -2.06. The van der Waals surface area contributed by atoms with Gasteiger partial charge in [-0.1, -0.05) is 28.1 Å². The van der Waals surface area contributed by atoms with E-state index in [1.54, 1.807) is 24.3 Å². The Kier molecular flexibility index (Phi) is 4.51. The standard InChI is InChI=1S/C11H13BrF2O/c1-7(2)15-9-5-3-8(4-6-9)10(12)11(13)14/h3-7,10-11H,1-2H3. The predicted molar refractivity (Wildman–Crippen MR) is 59.9 cm³/mol. The van der Waals surface area contributed by atoms with Gasteiger partial charge in [-0.05, 0) is 31.5 Å². The number of hydrogen-bond donors (Lipinski definition) is 0. The third kappa shape index (κ3) is 3.78. The first-order valence-electron chi connectivity index (χ1n) is 4.69. The highest BCUT2D eigenvalue weighted by molar-refractivity contribution is 9.09. The van der Waals surface area contributed by atoms with Crippen molar-refractivity contribution >= 4 is 15.9 Å². The topological polar surface area (TPSA) is 9.23 Å². The van der Waals surface area contributed by atoms with Gasteiger partial charge in [0.1, 0.15) is 10.6 Å². The molecular formula is C11H13BrF2O. The summed E-state index contributed by atoms with van der Waals surface area (Å²) in [7, 11) is 0. The summed E-state index contributed by atoms with van der Waals surface area (Å²) in [5.74, 6) is 0.697. The molecule has 1 nitrogen and oxygen atoms in total. The molecule has 0 saturated heterocycles. The van der Waals surface area contributed by atoms with Crippen LogP contribution in [0, 0.1) is 0 Å². The molecule has 0 fully saturated rings. The molecule has 1 rings (SSSR count). The Bertz CT molecular complexity index is 298. The molecule has 0 aliphatic heterocycles. The Hall–Kier alpha value is -0.640. The Morgan fingerprint density at radius 3 is 2.07 bits per heavy atom. The summed E-state index contributed by atoms with van der Waals surface area (Å²) in [6, 6.07) is 6.69. The van der Waals surface area contributed by atoms with Crippen LogP contribution >= 0.6 is 15.9 Å². The minimum atomic E-state index is -2.40. The van der Waals surface area contributed by atoms with Crippen molar-refractivity contribution in [3.8, 4) is 5.75 Å². The van der Waals surface area contributed by atoms with Gasteiger partial charge >= 0.3 is 0 Å². The predicted octanol–water partition coefficient (Wildman–Crippen LogP) is 4.17. The van der Waals surface area contributed by atoms with Crippen LogP contribution in [0.2, 0.25) is 0 Å². The van der Waals surface area contributed by atoms with Gasteiger partial charge in [0.05, 0.1) is 6.10 Å². The summed E-state index contributed by atoms with van der Waals surface area (Å²) >= 11 is 2.93. The van der Waals surface area contributed by atoms with Crippen LogP contribution in [0.25, 0.3) is 0 Å². The highest BCUT2D eigenvalue weighted by Crippen LogP contribution is 2.30. The van der Waals surface area contributed by atoms with Gasteiger partial charge in [0.2, 0.25) is 0 Å². The van der Waals surface area contributed by atoms with E-state index in [9.17, 15) is 8.78 Å². The first-order valence-corrected chi connectivity index (χ1v) is 5.61. The second-order valence-electron chi connectivity index (χ2n) is 3.47. The molecule has 0 heterocycles. The number of rotatable bonds is 4. The van der Waals surface area contributed by atoms with Gasteiger partial charge < -0.3 is 4.74 Å². The molecule has 0 bridgehead atoms. The van der Waals surface area contributed by atoms with Crippen LogP contribution < -0.4 is 4.74 Å². The maximum Gasteiger partial charge on any atom is 0.255 e. The van der Waals surface area contributed by atoms with E-state index in [0.29, 0.717) is 11.3 Å². The Labute approximate surface area is 96.6 Å². The summed E-state index contributed by atoms with van der Waals surface area (Å²) in [4.78, 5) is -0.911. The summed E-state index contributed by atoms with van der Waals surface area (Å²) in [6.07, 6.45) is -2.31. The van der Waals surface area contributed by atoms with E-state index in [0.717, 1.165) is 0 Å². The SMILES string of the molecule is CC(C)Oc1ccc(C(Br)C(F)F)cc1. The molecular weight excluding hydrogens is 266 g/mol. The van der Waals surface area contributed by atoms with Gasteiger partial charge in [-0.25, -0.2) is 8.78 Å². The normalized spacial score (nSPS) is 13.3. The van der Waals surface area contributed by atoms with Gasteiger partial charge in [0, 0.05) is 0 Å². The second kappa shape index (κ2) is 5.45. The number of benzene rings is 1. The Morgan fingerprint density at radius 1 is 1.13 bits per heavy atom. The molecule has 0 aromatic heterocycles. The first kappa shape index (κ1) is 12.4. The van der Waals surface area contributed by atoms with E-state index in [4.69, 9.17) is 4.74 Å². The second-order valence-corrected chi connectivity index (χ2v) is 4.46. The number of hydrogen-bond acceptors (Lipinski definition) is 1. The average Bonchev–Trinajstić information content (AvgIpc) is 2.17. The van der Waals surface area contributed by atoms with Crippen molar-refractivity contribution in [2.75, 3.05) is 0 Å². The van der Waals surface area contributed by atoms with Crippen LogP contribution in [0.1, 0.15) is 24.2 Å². The molecule has 0 spiro atoms. The van der Waals surface area contributed by atoms with Gasteiger partial charge in [-0.2, -0.15) is 0 Å². The molecule has 1 unspecified atom stereocenters. The molecule has 0 radical (unpaired) electrons. The van der Waals surface area contributed by atoms with Gasteiger partial charge in [0.15, 0.2) is 0 Å². The monoisotopic (exact) mass is 278 g/mol. The summed E-state index contributed by atoms with van der Waals surface area (Å²) in [6.45, 7) is 3.83. The largest absolute Gasteiger partial charge is 0.491 e. The third-order valence-corrected chi connectivity index (χ3v) is 2.72. The van der Waals surface area contributed by atoms with E-state index in [2.05, 4.69) is 15.9 Å². The summed E-state index contributed by atoms with van der Waals surface area (Å²) < 4.78 is 30.1. The highest BCUT2D eigenvalue weighted by atomic mass is 79.9. The fourth-order valence-electron chi connectivity index (χ4n) is 1.15. The van der Waals surface area contributed by atoms with E-state index >= 15 is 0 Å². The van der Waals surface area contributed by atoms with Crippen LogP contribution in [0.3, 0.4) is 0 Å². The minimum absolute atomic E-state index is 0.0886. The summed E-state index contributed by atoms with van der Waals surface area (Å²) in [5.41, 5.74) is 0.557. The summed E-state index contributed by atoms with van der Waals surface area (Å²) in [5, 5.41) is 0. The first-order chi connectivity index (χ1) is 7.00. The number of ether oxygens (including phenoxy) is 1.